The molecule has 0 saturated heterocycles. The summed E-state index contributed by atoms with van der Waals surface area (Å²) in [6.45, 7) is 4.51. The van der Waals surface area contributed by atoms with Crippen molar-refractivity contribution in [3.8, 4) is 0 Å². The molecule has 0 bridgehead atoms. The first-order valence-corrected chi connectivity index (χ1v) is 6.22. The van der Waals surface area contributed by atoms with Gasteiger partial charge in [0, 0.05) is 15.4 Å². The summed E-state index contributed by atoms with van der Waals surface area (Å²) in [7, 11) is 2.03. The molecule has 0 aliphatic rings. The van der Waals surface area contributed by atoms with E-state index in [9.17, 15) is 0 Å². The first-order valence-electron chi connectivity index (χ1n) is 4.55. The minimum Gasteiger partial charge on any atom is -0.312 e. The smallest absolute Gasteiger partial charge is 0.0426 e. The number of halogens is 1. The van der Waals surface area contributed by atoms with Crippen molar-refractivity contribution in [1.29, 1.82) is 0 Å². The molecule has 1 unspecified atom stereocenters. The van der Waals surface area contributed by atoms with Gasteiger partial charge in [-0.2, -0.15) is 0 Å². The summed E-state index contributed by atoms with van der Waals surface area (Å²) in [6, 6.07) is 2.61. The van der Waals surface area contributed by atoms with Gasteiger partial charge in [0.15, 0.2) is 0 Å². The van der Waals surface area contributed by atoms with Crippen LogP contribution in [0.4, 0.5) is 0 Å². The van der Waals surface area contributed by atoms with E-state index in [1.165, 1.54) is 15.8 Å². The van der Waals surface area contributed by atoms with Gasteiger partial charge in [-0.15, -0.1) is 11.3 Å². The summed E-state index contributed by atoms with van der Waals surface area (Å²) in [4.78, 5) is 1.41. The molecule has 0 radical (unpaired) electrons. The predicted molar refractivity (Wildman–Crippen MR) is 63.3 cm³/mol. The Labute approximate surface area is 92.7 Å². The lowest BCUT2D eigenvalue weighted by Gasteiger charge is -2.17. The minimum atomic E-state index is 0.495. The molecule has 1 nitrogen and oxygen atoms in total. The summed E-state index contributed by atoms with van der Waals surface area (Å²) in [5.74, 6) is 0.728. The van der Waals surface area contributed by atoms with Crippen molar-refractivity contribution in [1.82, 2.24) is 5.32 Å². The Morgan fingerprint density at radius 3 is 2.62 bits per heavy atom. The van der Waals surface area contributed by atoms with E-state index >= 15 is 0 Å². The van der Waals surface area contributed by atoms with Gasteiger partial charge in [-0.3, -0.25) is 0 Å². The first-order chi connectivity index (χ1) is 6.15. The Morgan fingerprint density at radius 1 is 1.54 bits per heavy atom. The number of rotatable bonds is 4. The second kappa shape index (κ2) is 5.13. The van der Waals surface area contributed by atoms with Crippen LogP contribution < -0.4 is 5.32 Å². The molecular weight excluding hydrogens is 246 g/mol. The van der Waals surface area contributed by atoms with Gasteiger partial charge in [-0.25, -0.2) is 0 Å². The summed E-state index contributed by atoms with van der Waals surface area (Å²) >= 11 is 5.38. The zero-order chi connectivity index (χ0) is 9.84. The molecule has 1 rings (SSSR count). The maximum Gasteiger partial charge on any atom is 0.0426 e. The Bertz CT molecular complexity index is 257. The van der Waals surface area contributed by atoms with Crippen LogP contribution in [0.15, 0.2) is 15.9 Å². The summed E-state index contributed by atoms with van der Waals surface area (Å²) in [5, 5.41) is 5.49. The number of thiophene rings is 1. The highest BCUT2D eigenvalue weighted by Crippen LogP contribution is 2.32. The Kier molecular flexibility index (Phi) is 4.42. The topological polar surface area (TPSA) is 12.0 Å². The molecule has 0 amide bonds. The third-order valence-corrected chi connectivity index (χ3v) is 4.00. The van der Waals surface area contributed by atoms with Crippen LogP contribution in [-0.2, 0) is 0 Å². The highest BCUT2D eigenvalue weighted by atomic mass is 79.9. The molecule has 1 heterocycles. The fourth-order valence-electron chi connectivity index (χ4n) is 1.38. The molecular formula is C10H16BrNS. The lowest BCUT2D eigenvalue weighted by molar-refractivity contribution is 0.461. The van der Waals surface area contributed by atoms with Gasteiger partial charge in [0.1, 0.15) is 0 Å². The second-order valence-corrected chi connectivity index (χ2v) is 5.41. The van der Waals surface area contributed by atoms with E-state index in [1.54, 1.807) is 0 Å². The number of hydrogen-bond donors (Lipinski definition) is 1. The maximum absolute atomic E-state index is 3.57. The van der Waals surface area contributed by atoms with E-state index < -0.39 is 0 Å². The molecule has 0 saturated carbocycles. The fraction of sp³-hybridized carbons (Fsp3) is 0.600. The molecule has 13 heavy (non-hydrogen) atoms. The Hall–Kier alpha value is 0.140. The van der Waals surface area contributed by atoms with Crippen molar-refractivity contribution in [2.24, 2.45) is 5.92 Å². The quantitative estimate of drug-likeness (QED) is 0.869. The third kappa shape index (κ3) is 3.08. The van der Waals surface area contributed by atoms with Crippen LogP contribution in [0.5, 0.6) is 0 Å². The largest absolute Gasteiger partial charge is 0.312 e. The number of nitrogens with one attached hydrogen (secondary N) is 1. The van der Waals surface area contributed by atoms with Crippen molar-refractivity contribution < 1.29 is 0 Å². The monoisotopic (exact) mass is 261 g/mol. The average Bonchev–Trinajstić information content (AvgIpc) is 2.47. The Morgan fingerprint density at radius 2 is 2.23 bits per heavy atom. The molecule has 1 atom stereocenters. The van der Waals surface area contributed by atoms with Crippen LogP contribution in [0.3, 0.4) is 0 Å². The van der Waals surface area contributed by atoms with E-state index in [1.807, 2.05) is 18.4 Å². The van der Waals surface area contributed by atoms with E-state index in [0.717, 1.165) is 5.92 Å². The van der Waals surface area contributed by atoms with Crippen LogP contribution in [0.25, 0.3) is 0 Å². The first kappa shape index (κ1) is 11.2. The van der Waals surface area contributed by atoms with E-state index in [-0.39, 0.29) is 0 Å². The molecule has 1 aromatic heterocycles. The van der Waals surface area contributed by atoms with Gasteiger partial charge >= 0.3 is 0 Å². The van der Waals surface area contributed by atoms with Crippen molar-refractivity contribution in [3.63, 3.8) is 0 Å². The zero-order valence-electron chi connectivity index (χ0n) is 8.30. The molecule has 3 heteroatoms. The summed E-state index contributed by atoms with van der Waals surface area (Å²) in [5.41, 5.74) is 0. The lowest BCUT2D eigenvalue weighted by atomic mass is 10.0. The van der Waals surface area contributed by atoms with Gasteiger partial charge in [0.05, 0.1) is 0 Å². The van der Waals surface area contributed by atoms with Gasteiger partial charge in [0.25, 0.3) is 0 Å². The van der Waals surface area contributed by atoms with Crippen LogP contribution in [0.1, 0.15) is 31.2 Å². The molecule has 0 spiro atoms. The molecule has 1 aromatic rings. The lowest BCUT2D eigenvalue weighted by Crippen LogP contribution is -2.17. The van der Waals surface area contributed by atoms with E-state index in [2.05, 4.69) is 46.5 Å². The van der Waals surface area contributed by atoms with Crippen molar-refractivity contribution in [3.05, 3.63) is 20.8 Å². The molecule has 0 aliphatic heterocycles. The van der Waals surface area contributed by atoms with Gasteiger partial charge in [-0.05, 0) is 46.8 Å². The summed E-state index contributed by atoms with van der Waals surface area (Å²) in [6.07, 6.45) is 1.19. The normalized spacial score (nSPS) is 13.6. The minimum absolute atomic E-state index is 0.495. The van der Waals surface area contributed by atoms with Crippen LogP contribution >= 0.6 is 27.3 Å². The number of hydrogen-bond acceptors (Lipinski definition) is 2. The highest BCUT2D eigenvalue weighted by molar-refractivity contribution is 9.10. The maximum atomic E-state index is 3.57. The SMILES string of the molecule is CNC(CC(C)C)c1sccc1Br. The predicted octanol–water partition coefficient (Wildman–Crippen LogP) is 3.82. The van der Waals surface area contributed by atoms with Gasteiger partial charge < -0.3 is 5.32 Å². The third-order valence-electron chi connectivity index (χ3n) is 2.02. The molecule has 74 valence electrons. The van der Waals surface area contributed by atoms with Crippen LogP contribution in [0.2, 0.25) is 0 Å². The summed E-state index contributed by atoms with van der Waals surface area (Å²) < 4.78 is 1.23. The van der Waals surface area contributed by atoms with Gasteiger partial charge in [0.2, 0.25) is 0 Å². The van der Waals surface area contributed by atoms with Crippen LogP contribution in [-0.4, -0.2) is 7.05 Å². The van der Waals surface area contributed by atoms with Crippen molar-refractivity contribution in [2.75, 3.05) is 7.05 Å². The van der Waals surface area contributed by atoms with Gasteiger partial charge in [-0.1, -0.05) is 13.8 Å². The zero-order valence-corrected chi connectivity index (χ0v) is 10.7. The van der Waals surface area contributed by atoms with E-state index in [0.29, 0.717) is 6.04 Å². The van der Waals surface area contributed by atoms with Crippen LogP contribution in [0, 0.1) is 5.92 Å². The molecule has 0 aromatic carbocycles. The van der Waals surface area contributed by atoms with E-state index in [4.69, 9.17) is 0 Å². The highest BCUT2D eigenvalue weighted by Gasteiger charge is 2.14. The average molecular weight is 262 g/mol. The van der Waals surface area contributed by atoms with Crippen molar-refractivity contribution >= 4 is 27.3 Å². The van der Waals surface area contributed by atoms with Crippen molar-refractivity contribution in [2.45, 2.75) is 26.3 Å². The second-order valence-electron chi connectivity index (χ2n) is 3.60. The molecule has 1 N–H and O–H groups in total. The fourth-order valence-corrected chi connectivity index (χ4v) is 3.15. The molecule has 0 aliphatic carbocycles. The molecule has 0 fully saturated rings. The standard InChI is InChI=1S/C10H16BrNS/c1-7(2)6-9(12-3)10-8(11)4-5-13-10/h4-5,7,9,12H,6H2,1-3H3. The Balaban J connectivity index is 2.72.